The van der Waals surface area contributed by atoms with Gasteiger partial charge in [-0.25, -0.2) is 0 Å². The maximum Gasteiger partial charge on any atom is 0.327 e. The van der Waals surface area contributed by atoms with E-state index in [1.165, 1.54) is 0 Å². The van der Waals surface area contributed by atoms with Crippen LogP contribution in [0.5, 0.6) is 5.75 Å². The molecule has 2 aliphatic rings. The first-order valence-corrected chi connectivity index (χ1v) is 10.9. The van der Waals surface area contributed by atoms with Crippen molar-refractivity contribution in [3.8, 4) is 5.75 Å². The van der Waals surface area contributed by atoms with Crippen molar-refractivity contribution in [3.63, 3.8) is 0 Å². The van der Waals surface area contributed by atoms with Gasteiger partial charge in [-0.1, -0.05) is 97.9 Å². The second kappa shape index (κ2) is 6.72. The molecule has 0 N–H and O–H groups in total. The van der Waals surface area contributed by atoms with Gasteiger partial charge in [0, 0.05) is 22.6 Å². The van der Waals surface area contributed by atoms with E-state index in [1.54, 1.807) is 61.5 Å². The summed E-state index contributed by atoms with van der Waals surface area (Å²) in [4.78, 5) is 41.6. The lowest BCUT2D eigenvalue weighted by Crippen LogP contribution is -2.39. The number of hydrogen-bond acceptors (Lipinski definition) is 4. The molecule has 0 saturated heterocycles. The van der Waals surface area contributed by atoms with Crippen molar-refractivity contribution in [2.75, 3.05) is 0 Å². The summed E-state index contributed by atoms with van der Waals surface area (Å²) in [5.74, 6) is -1.45. The lowest BCUT2D eigenvalue weighted by atomic mass is 9.82. The standard InChI is InChI=1S/C29H20O4/c1-28(25(30)19-11-4-2-5-12-19)24-23-21-15-9-8-10-18(21)16-17-22(23)33-27(32)29(24,28)26(31)20-13-6-3-7-14-20/h2-17,24H,1H3/t24-,28+,29+/m1/s1. The van der Waals surface area contributed by atoms with Gasteiger partial charge in [-0.15, -0.1) is 0 Å². The van der Waals surface area contributed by atoms with Gasteiger partial charge in [0.05, 0.1) is 5.41 Å². The molecule has 33 heavy (non-hydrogen) atoms. The third-order valence-electron chi connectivity index (χ3n) is 7.39. The summed E-state index contributed by atoms with van der Waals surface area (Å²) in [6.07, 6.45) is 0. The molecule has 1 saturated carbocycles. The minimum absolute atomic E-state index is 0.227. The number of esters is 1. The highest BCUT2D eigenvalue weighted by Crippen LogP contribution is 2.79. The SMILES string of the molecule is C[C@@]1(C(=O)c2ccccc2)[C@H]2c3c(ccc4ccccc34)OC(=O)[C@@]21C(=O)c1ccccc1. The van der Waals surface area contributed by atoms with Crippen LogP contribution in [-0.2, 0) is 4.79 Å². The van der Waals surface area contributed by atoms with Gasteiger partial charge in [-0.3, -0.25) is 14.4 Å². The number of benzene rings is 4. The Hall–Kier alpha value is -4.05. The number of hydrogen-bond donors (Lipinski definition) is 0. The Balaban J connectivity index is 1.64. The number of rotatable bonds is 4. The van der Waals surface area contributed by atoms with Crippen molar-refractivity contribution in [2.24, 2.45) is 10.8 Å². The normalized spacial score (nSPS) is 25.0. The number of carbonyl (C=O) groups is 3. The van der Waals surface area contributed by atoms with Gasteiger partial charge in [-0.05, 0) is 16.8 Å². The molecule has 0 spiro atoms. The molecule has 0 aromatic heterocycles. The molecule has 0 bridgehead atoms. The van der Waals surface area contributed by atoms with E-state index in [1.807, 2.05) is 42.5 Å². The van der Waals surface area contributed by atoms with E-state index >= 15 is 0 Å². The summed E-state index contributed by atoms with van der Waals surface area (Å²) >= 11 is 0. The minimum Gasteiger partial charge on any atom is -0.425 e. The molecule has 0 unspecified atom stereocenters. The van der Waals surface area contributed by atoms with E-state index in [0.29, 0.717) is 16.9 Å². The third-order valence-corrected chi connectivity index (χ3v) is 7.39. The lowest BCUT2D eigenvalue weighted by molar-refractivity contribution is -0.140. The smallest absolute Gasteiger partial charge is 0.327 e. The average molecular weight is 432 g/mol. The first kappa shape index (κ1) is 19.6. The molecule has 1 aliphatic carbocycles. The maximum absolute atomic E-state index is 14.0. The van der Waals surface area contributed by atoms with Crippen LogP contribution < -0.4 is 4.74 Å². The van der Waals surface area contributed by atoms with Gasteiger partial charge >= 0.3 is 5.97 Å². The van der Waals surface area contributed by atoms with Gasteiger partial charge in [0.25, 0.3) is 0 Å². The van der Waals surface area contributed by atoms with Crippen LogP contribution in [-0.4, -0.2) is 17.5 Å². The molecule has 6 rings (SSSR count). The van der Waals surface area contributed by atoms with Crippen LogP contribution in [0.2, 0.25) is 0 Å². The fourth-order valence-electron chi connectivity index (χ4n) is 5.77. The molecule has 0 radical (unpaired) electrons. The van der Waals surface area contributed by atoms with Gasteiger partial charge in [0.2, 0.25) is 0 Å². The minimum atomic E-state index is -1.61. The van der Waals surface area contributed by atoms with Crippen LogP contribution in [0.1, 0.15) is 39.1 Å². The van der Waals surface area contributed by atoms with Crippen LogP contribution in [0.25, 0.3) is 10.8 Å². The van der Waals surface area contributed by atoms with Crippen molar-refractivity contribution in [3.05, 3.63) is 114 Å². The Bertz CT molecular complexity index is 1460. The number of fused-ring (bicyclic) bond motifs is 5. The molecule has 0 amide bonds. The molecule has 3 atom stereocenters. The highest BCUT2D eigenvalue weighted by atomic mass is 16.5. The van der Waals surface area contributed by atoms with E-state index in [-0.39, 0.29) is 11.6 Å². The summed E-state index contributed by atoms with van der Waals surface area (Å²) < 4.78 is 5.81. The number of ether oxygens (including phenoxy) is 1. The predicted octanol–water partition coefficient (Wildman–Crippen LogP) is 5.61. The summed E-state index contributed by atoms with van der Waals surface area (Å²) in [7, 11) is 0. The fourth-order valence-corrected chi connectivity index (χ4v) is 5.77. The Morgan fingerprint density at radius 1 is 0.727 bits per heavy atom. The van der Waals surface area contributed by atoms with Gasteiger partial charge in [0.15, 0.2) is 17.0 Å². The molecular formula is C29H20O4. The van der Waals surface area contributed by atoms with E-state index in [2.05, 4.69) is 0 Å². The highest BCUT2D eigenvalue weighted by molar-refractivity contribution is 6.26. The maximum atomic E-state index is 14.0. The van der Waals surface area contributed by atoms with Crippen molar-refractivity contribution in [1.82, 2.24) is 0 Å². The van der Waals surface area contributed by atoms with E-state index in [0.717, 1.165) is 16.3 Å². The Kier molecular flexibility index (Phi) is 4.00. The zero-order valence-corrected chi connectivity index (χ0v) is 17.9. The highest BCUT2D eigenvalue weighted by Gasteiger charge is 2.87. The van der Waals surface area contributed by atoms with Crippen molar-refractivity contribution >= 4 is 28.3 Å². The molecule has 4 aromatic carbocycles. The molecule has 160 valence electrons. The van der Waals surface area contributed by atoms with Crippen LogP contribution in [0.3, 0.4) is 0 Å². The third kappa shape index (κ3) is 2.38. The second-order valence-electron chi connectivity index (χ2n) is 8.92. The van der Waals surface area contributed by atoms with Crippen molar-refractivity contribution in [2.45, 2.75) is 12.8 Å². The van der Waals surface area contributed by atoms with Crippen LogP contribution in [0.15, 0.2) is 97.1 Å². The second-order valence-corrected chi connectivity index (χ2v) is 8.92. The molecule has 1 aliphatic heterocycles. The van der Waals surface area contributed by atoms with Gasteiger partial charge in [-0.2, -0.15) is 0 Å². The largest absolute Gasteiger partial charge is 0.425 e. The predicted molar refractivity (Wildman–Crippen MR) is 124 cm³/mol. The number of ketones is 2. The molecule has 4 heteroatoms. The van der Waals surface area contributed by atoms with Crippen LogP contribution >= 0.6 is 0 Å². The van der Waals surface area contributed by atoms with Crippen molar-refractivity contribution < 1.29 is 19.1 Å². The van der Waals surface area contributed by atoms with E-state index < -0.39 is 22.7 Å². The van der Waals surface area contributed by atoms with Gasteiger partial charge in [0.1, 0.15) is 5.75 Å². The van der Waals surface area contributed by atoms with Crippen LogP contribution in [0.4, 0.5) is 0 Å². The summed E-state index contributed by atoms with van der Waals surface area (Å²) in [5, 5.41) is 1.86. The molecule has 4 aromatic rings. The summed E-state index contributed by atoms with van der Waals surface area (Å²) in [6.45, 7) is 1.74. The molecule has 1 fully saturated rings. The molecule has 1 heterocycles. The first-order chi connectivity index (χ1) is 16.0. The number of Topliss-reactive ketones (excluding diaryl/α,β-unsaturated/α-hetero) is 2. The quantitative estimate of drug-likeness (QED) is 0.182. The average Bonchev–Trinajstić information content (AvgIpc) is 3.46. The van der Waals surface area contributed by atoms with Crippen LogP contribution in [0, 0.1) is 10.8 Å². The van der Waals surface area contributed by atoms with E-state index in [4.69, 9.17) is 4.74 Å². The van der Waals surface area contributed by atoms with Gasteiger partial charge < -0.3 is 4.74 Å². The number of carbonyl (C=O) groups excluding carboxylic acids is 3. The van der Waals surface area contributed by atoms with Crippen molar-refractivity contribution in [1.29, 1.82) is 0 Å². The first-order valence-electron chi connectivity index (χ1n) is 10.9. The topological polar surface area (TPSA) is 60.4 Å². The summed E-state index contributed by atoms with van der Waals surface area (Å²) in [5.41, 5.74) is -1.26. The molecular weight excluding hydrogens is 412 g/mol. The zero-order chi connectivity index (χ0) is 22.8. The van der Waals surface area contributed by atoms with E-state index in [9.17, 15) is 14.4 Å². The Morgan fingerprint density at radius 3 is 1.97 bits per heavy atom. The zero-order valence-electron chi connectivity index (χ0n) is 17.9. The molecule has 4 nitrogen and oxygen atoms in total. The fraction of sp³-hybridized carbons (Fsp3) is 0.138. The Morgan fingerprint density at radius 2 is 1.30 bits per heavy atom. The monoisotopic (exact) mass is 432 g/mol. The lowest BCUT2D eigenvalue weighted by Gasteiger charge is -2.24. The Labute approximate surface area is 190 Å². The summed E-state index contributed by atoms with van der Waals surface area (Å²) in [6, 6.07) is 29.0.